The van der Waals surface area contributed by atoms with Crippen molar-refractivity contribution in [2.45, 2.75) is 48.3 Å². The lowest BCUT2D eigenvalue weighted by Crippen LogP contribution is -2.30. The Kier molecular flexibility index (Phi) is 5.72. The Morgan fingerprint density at radius 2 is 2.03 bits per heavy atom. The highest BCUT2D eigenvalue weighted by atomic mass is 32.2. The molecule has 3 aromatic rings. The van der Waals surface area contributed by atoms with Gasteiger partial charge in [-0.15, -0.1) is 0 Å². The second-order valence-electron chi connectivity index (χ2n) is 8.29. The molecule has 2 aromatic heterocycles. The Balaban J connectivity index is 1.52. The molecule has 1 atom stereocenters. The Morgan fingerprint density at radius 3 is 2.72 bits per heavy atom. The van der Waals surface area contributed by atoms with Gasteiger partial charge < -0.3 is 10.1 Å². The molecule has 1 saturated heterocycles. The van der Waals surface area contributed by atoms with Crippen LogP contribution in [-0.4, -0.2) is 47.6 Å². The molecule has 0 unspecified atom stereocenters. The van der Waals surface area contributed by atoms with Crippen molar-refractivity contribution in [2.75, 3.05) is 18.5 Å². The smallest absolute Gasteiger partial charge is 0.251 e. The van der Waals surface area contributed by atoms with Crippen molar-refractivity contribution in [2.24, 2.45) is 5.92 Å². The molecule has 0 radical (unpaired) electrons. The fourth-order valence-electron chi connectivity index (χ4n) is 4.22. The van der Waals surface area contributed by atoms with Gasteiger partial charge in [0, 0.05) is 18.6 Å². The highest BCUT2D eigenvalue weighted by Gasteiger charge is 2.38. The summed E-state index contributed by atoms with van der Waals surface area (Å²) in [5, 5.41) is 7.02. The molecule has 1 aliphatic carbocycles. The minimum atomic E-state index is -3.42. The lowest BCUT2D eigenvalue weighted by Gasteiger charge is -2.26. The van der Waals surface area contributed by atoms with Crippen LogP contribution in [-0.2, 0) is 19.4 Å². The Bertz CT molecular complexity index is 1250. The first-order valence-electron chi connectivity index (χ1n) is 10.6. The number of benzene rings is 1. The third kappa shape index (κ3) is 4.16. The van der Waals surface area contributed by atoms with E-state index in [1.54, 1.807) is 22.9 Å². The number of aromatic nitrogens is 3. The number of hydrogen-bond donors (Lipinski definition) is 1. The number of sulfone groups is 1. The lowest BCUT2D eigenvalue weighted by atomic mass is 9.92. The zero-order valence-corrected chi connectivity index (χ0v) is 18.9. The van der Waals surface area contributed by atoms with Crippen LogP contribution in [0.2, 0.25) is 0 Å². The van der Waals surface area contributed by atoms with Crippen molar-refractivity contribution < 1.29 is 22.3 Å². The van der Waals surface area contributed by atoms with E-state index in [2.05, 4.69) is 15.4 Å². The van der Waals surface area contributed by atoms with Gasteiger partial charge in [0.25, 0.3) is 5.91 Å². The van der Waals surface area contributed by atoms with Crippen LogP contribution in [0.4, 0.5) is 9.52 Å². The molecule has 2 fully saturated rings. The number of ether oxygens (including phenoxy) is 1. The maximum absolute atomic E-state index is 13.4. The van der Waals surface area contributed by atoms with Gasteiger partial charge in [0.1, 0.15) is 6.04 Å². The van der Waals surface area contributed by atoms with Gasteiger partial charge in [-0.25, -0.2) is 13.4 Å². The van der Waals surface area contributed by atoms with Crippen LogP contribution in [0.15, 0.2) is 35.5 Å². The van der Waals surface area contributed by atoms with Crippen molar-refractivity contribution in [3.8, 4) is 0 Å². The number of fused-ring (bicyclic) bond motifs is 1. The van der Waals surface area contributed by atoms with Gasteiger partial charge in [-0.2, -0.15) is 9.49 Å². The Labute approximate surface area is 188 Å². The summed E-state index contributed by atoms with van der Waals surface area (Å²) in [4.78, 5) is 17.4. The molecule has 8 nitrogen and oxygen atoms in total. The number of anilines is 1. The van der Waals surface area contributed by atoms with Gasteiger partial charge in [0.2, 0.25) is 0 Å². The highest BCUT2D eigenvalue weighted by molar-refractivity contribution is 7.92. The molecule has 3 heterocycles. The lowest BCUT2D eigenvalue weighted by molar-refractivity contribution is -0.120. The minimum Gasteiger partial charge on any atom is -0.381 e. The van der Waals surface area contributed by atoms with Crippen LogP contribution in [0.5, 0.6) is 0 Å². The molecule has 1 saturated carbocycles. The van der Waals surface area contributed by atoms with E-state index in [9.17, 15) is 17.6 Å². The molecule has 0 spiro atoms. The fourth-order valence-corrected chi connectivity index (χ4v) is 6.61. The van der Waals surface area contributed by atoms with Gasteiger partial charge >= 0.3 is 0 Å². The molecule has 2 aliphatic rings. The fraction of sp³-hybridized carbons (Fsp3) is 0.476. The largest absolute Gasteiger partial charge is 0.381 e. The Hall–Kier alpha value is -2.37. The summed E-state index contributed by atoms with van der Waals surface area (Å²) in [5.74, 6) is -0.101. The SMILES string of the molecule is O=C(Nc1ncc(F)s1)[C@@H](CC1CCOCC1)n1ncc2c(S(=O)(=O)C3CC3)cccc21. The predicted octanol–water partition coefficient (Wildman–Crippen LogP) is 3.56. The molecule has 170 valence electrons. The normalized spacial score (nSPS) is 18.7. The van der Waals surface area contributed by atoms with E-state index in [-0.39, 0.29) is 27.1 Å². The summed E-state index contributed by atoms with van der Waals surface area (Å²) in [7, 11) is -3.42. The molecule has 1 aliphatic heterocycles. The summed E-state index contributed by atoms with van der Waals surface area (Å²) in [6, 6.07) is 4.38. The number of carbonyl (C=O) groups excluding carboxylic acids is 1. The van der Waals surface area contributed by atoms with E-state index in [0.29, 0.717) is 43.4 Å². The van der Waals surface area contributed by atoms with Crippen molar-refractivity contribution >= 4 is 43.1 Å². The maximum Gasteiger partial charge on any atom is 0.251 e. The van der Waals surface area contributed by atoms with E-state index in [4.69, 9.17) is 4.74 Å². The van der Waals surface area contributed by atoms with Crippen LogP contribution in [0.3, 0.4) is 0 Å². The van der Waals surface area contributed by atoms with Gasteiger partial charge in [0.15, 0.2) is 20.1 Å². The first kappa shape index (κ1) is 21.5. The van der Waals surface area contributed by atoms with Crippen LogP contribution in [0.25, 0.3) is 10.9 Å². The monoisotopic (exact) mass is 478 g/mol. The quantitative estimate of drug-likeness (QED) is 0.557. The maximum atomic E-state index is 13.4. The number of halogens is 1. The molecular formula is C21H23FN4O4S2. The third-order valence-electron chi connectivity index (χ3n) is 6.07. The second kappa shape index (κ2) is 8.53. The van der Waals surface area contributed by atoms with Crippen LogP contribution in [0.1, 0.15) is 38.1 Å². The third-order valence-corrected chi connectivity index (χ3v) is 9.09. The first-order chi connectivity index (χ1) is 15.4. The van der Waals surface area contributed by atoms with E-state index in [1.165, 1.54) is 6.20 Å². The van der Waals surface area contributed by atoms with Gasteiger partial charge in [-0.1, -0.05) is 17.4 Å². The predicted molar refractivity (Wildman–Crippen MR) is 118 cm³/mol. The van der Waals surface area contributed by atoms with Crippen molar-refractivity contribution in [1.29, 1.82) is 0 Å². The molecule has 1 aromatic carbocycles. The van der Waals surface area contributed by atoms with Crippen LogP contribution < -0.4 is 5.32 Å². The molecule has 11 heteroatoms. The van der Waals surface area contributed by atoms with Crippen molar-refractivity contribution in [3.05, 3.63) is 35.7 Å². The number of carbonyl (C=O) groups is 1. The number of amides is 1. The van der Waals surface area contributed by atoms with Gasteiger partial charge in [0.05, 0.1) is 28.1 Å². The topological polar surface area (TPSA) is 103 Å². The van der Waals surface area contributed by atoms with Crippen LogP contribution >= 0.6 is 11.3 Å². The van der Waals surface area contributed by atoms with E-state index in [1.807, 2.05) is 0 Å². The minimum absolute atomic E-state index is 0.179. The van der Waals surface area contributed by atoms with Gasteiger partial charge in [-0.3, -0.25) is 9.48 Å². The highest BCUT2D eigenvalue weighted by Crippen LogP contribution is 2.37. The summed E-state index contributed by atoms with van der Waals surface area (Å²) < 4.78 is 46.2. The number of nitrogens with zero attached hydrogens (tertiary/aromatic N) is 3. The molecule has 32 heavy (non-hydrogen) atoms. The summed E-state index contributed by atoms with van der Waals surface area (Å²) >= 11 is 0.758. The molecule has 1 amide bonds. The summed E-state index contributed by atoms with van der Waals surface area (Å²) in [5.41, 5.74) is 0.587. The number of hydrogen-bond acceptors (Lipinski definition) is 7. The average Bonchev–Trinajstić information content (AvgIpc) is 3.46. The molecular weight excluding hydrogens is 455 g/mol. The number of nitrogens with one attached hydrogen (secondary N) is 1. The molecule has 1 N–H and O–H groups in total. The molecule has 5 rings (SSSR count). The van der Waals surface area contributed by atoms with Crippen molar-refractivity contribution in [3.63, 3.8) is 0 Å². The van der Waals surface area contributed by atoms with Crippen LogP contribution in [0, 0.1) is 11.0 Å². The standard InChI is InChI=1S/C21H23FN4O4S2/c22-19-12-23-21(31-19)25-20(27)17(10-13-6-8-30-9-7-13)26-16-2-1-3-18(15(16)11-24-26)32(28,29)14-4-5-14/h1-3,11-14,17H,4-10H2,(H,23,25,27)/t17-/m1/s1. The average molecular weight is 479 g/mol. The Morgan fingerprint density at radius 1 is 1.25 bits per heavy atom. The summed E-state index contributed by atoms with van der Waals surface area (Å²) in [6.07, 6.45) is 6.10. The zero-order chi connectivity index (χ0) is 22.3. The second-order valence-corrected chi connectivity index (χ2v) is 11.5. The van der Waals surface area contributed by atoms with Gasteiger partial charge in [-0.05, 0) is 50.2 Å². The van der Waals surface area contributed by atoms with E-state index in [0.717, 1.165) is 30.4 Å². The van der Waals surface area contributed by atoms with Crippen molar-refractivity contribution in [1.82, 2.24) is 14.8 Å². The van der Waals surface area contributed by atoms with E-state index >= 15 is 0 Å². The number of rotatable bonds is 7. The summed E-state index contributed by atoms with van der Waals surface area (Å²) in [6.45, 7) is 1.28. The number of thiazole rings is 1. The first-order valence-corrected chi connectivity index (χ1v) is 13.0. The molecule has 0 bridgehead atoms. The van der Waals surface area contributed by atoms with E-state index < -0.39 is 21.0 Å². The zero-order valence-electron chi connectivity index (χ0n) is 17.2.